The summed E-state index contributed by atoms with van der Waals surface area (Å²) in [6.45, 7) is 3.98. The van der Waals surface area contributed by atoms with Gasteiger partial charge in [-0.25, -0.2) is 0 Å². The van der Waals surface area contributed by atoms with Gasteiger partial charge >= 0.3 is 84.4 Å². The molecule has 0 unspecified atom stereocenters. The van der Waals surface area contributed by atoms with Gasteiger partial charge in [-0.3, -0.25) is 9.43 Å². The topological polar surface area (TPSA) is 29.4 Å². The quantitative estimate of drug-likeness (QED) is 0.570. The van der Waals surface area contributed by atoms with Gasteiger partial charge in [-0.15, -0.1) is 0 Å². The van der Waals surface area contributed by atoms with E-state index in [1.54, 1.807) is 12.1 Å². The summed E-state index contributed by atoms with van der Waals surface area (Å²) in [4.78, 5) is 11.3. The molecule has 0 bridgehead atoms. The van der Waals surface area contributed by atoms with E-state index in [0.717, 1.165) is 6.42 Å². The van der Waals surface area contributed by atoms with E-state index in [9.17, 15) is 4.79 Å². The Kier molecular flexibility index (Phi) is 12.6. The van der Waals surface area contributed by atoms with E-state index in [1.807, 2.05) is 31.3 Å². The van der Waals surface area contributed by atoms with Crippen LogP contribution < -0.4 is 24.8 Å². The van der Waals surface area contributed by atoms with Gasteiger partial charge in [0.15, 0.2) is 0 Å². The zero-order chi connectivity index (χ0) is 17.4. The molecule has 0 saturated carbocycles. The van der Waals surface area contributed by atoms with Crippen LogP contribution in [0.25, 0.3) is 5.57 Å². The maximum atomic E-state index is 11.3. The molecule has 0 radical (unpaired) electrons. The third-order valence-corrected chi connectivity index (χ3v) is 4.75. The van der Waals surface area contributed by atoms with Crippen molar-refractivity contribution in [3.63, 3.8) is 0 Å². The van der Waals surface area contributed by atoms with E-state index in [2.05, 4.69) is 67.6 Å². The predicted octanol–water partition coefficient (Wildman–Crippen LogP) is -0.741. The molecule has 0 heterocycles. The maximum absolute atomic E-state index is 11.3. The van der Waals surface area contributed by atoms with Crippen LogP contribution in [0.15, 0.2) is 81.3 Å². The summed E-state index contributed by atoms with van der Waals surface area (Å²) in [5.74, 6) is -0.0884. The minimum absolute atomic E-state index is 0. The first kappa shape index (κ1) is 24.9. The third-order valence-electron chi connectivity index (χ3n) is 3.36. The van der Waals surface area contributed by atoms with Crippen LogP contribution in [0.4, 0.5) is 0 Å². The van der Waals surface area contributed by atoms with E-state index < -0.39 is 8.59 Å². The van der Waals surface area contributed by atoms with Gasteiger partial charge in [-0.05, 0) is 25.2 Å². The number of carbonyl (C=O) groups excluding carboxylic acids is 1. The summed E-state index contributed by atoms with van der Waals surface area (Å²) in [6, 6.07) is 19.7. The Morgan fingerprint density at radius 2 is 1.50 bits per heavy atom. The van der Waals surface area contributed by atoms with Crippen LogP contribution in [0.5, 0.6) is 0 Å². The van der Waals surface area contributed by atoms with Crippen molar-refractivity contribution in [1.29, 1.82) is 0 Å². The van der Waals surface area contributed by atoms with E-state index in [0.29, 0.717) is 5.56 Å². The molecule has 0 aromatic heterocycles. The Balaban J connectivity index is 0.000000446. The third kappa shape index (κ3) is 8.07. The number of amides is 1. The predicted molar refractivity (Wildman–Crippen MR) is 97.8 cm³/mol. The first-order valence-electron chi connectivity index (χ1n) is 7.86. The van der Waals surface area contributed by atoms with Crippen LogP contribution in [0.3, 0.4) is 0 Å². The van der Waals surface area contributed by atoms with Gasteiger partial charge in [0.1, 0.15) is 8.59 Å². The van der Waals surface area contributed by atoms with Crippen molar-refractivity contribution in [2.24, 2.45) is 4.63 Å². The zero-order valence-corrected chi connectivity index (χ0v) is 18.8. The Bertz CT molecular complexity index is 786. The van der Waals surface area contributed by atoms with Crippen molar-refractivity contribution in [3.05, 3.63) is 87.8 Å². The van der Waals surface area contributed by atoms with E-state index in [-0.39, 0.29) is 30.7 Å². The molecular formula is C20H20Cl2NOSiTi. The number of nitrogens with zero attached hydrogens (tertiary/aromatic N) is 1. The molecule has 0 fully saturated rings. The molecule has 6 heteroatoms. The van der Waals surface area contributed by atoms with Crippen LogP contribution in [-0.4, -0.2) is 14.5 Å². The first-order valence-corrected chi connectivity index (χ1v) is 11.1. The van der Waals surface area contributed by atoms with Crippen LogP contribution in [0.1, 0.15) is 22.3 Å². The van der Waals surface area contributed by atoms with Crippen LogP contribution >= 0.6 is 0 Å². The molecule has 0 aliphatic heterocycles. The number of carbonyl (C=O) groups is 1. The molecule has 1 aliphatic carbocycles. The molecule has 0 spiro atoms. The van der Waals surface area contributed by atoms with Crippen molar-refractivity contribution in [3.8, 4) is 0 Å². The average molecular weight is 437 g/mol. The Hall–Kier alpha value is -1.10. The number of hydrogen-bond acceptors (Lipinski definition) is 1. The number of rotatable bonds is 2. The van der Waals surface area contributed by atoms with E-state index >= 15 is 0 Å². The zero-order valence-electron chi connectivity index (χ0n) is 14.7. The Morgan fingerprint density at radius 3 is 1.96 bits per heavy atom. The Morgan fingerprint density at radius 1 is 0.962 bits per heavy atom. The molecule has 26 heavy (non-hydrogen) atoms. The first-order chi connectivity index (χ1) is 11.6. The van der Waals surface area contributed by atoms with Crippen LogP contribution in [0.2, 0.25) is 13.1 Å². The summed E-state index contributed by atoms with van der Waals surface area (Å²) in [5, 5.41) is 0. The summed E-state index contributed by atoms with van der Waals surface area (Å²) >= 11 is 2.20. The average Bonchev–Trinajstić information content (AvgIpc) is 3.02. The second-order valence-corrected chi connectivity index (χ2v) is 8.66. The number of allylic oxidation sites excluding steroid dienone is 4. The SMILES string of the molecule is C[Si](C)=NC(=O)c1ccccc1.[Cl-].[Cl-].[Ti+2][C]1=C(c2ccccc2)C=CC1. The summed E-state index contributed by atoms with van der Waals surface area (Å²) in [5.41, 5.74) is 3.42. The molecule has 2 aromatic rings. The molecule has 0 atom stereocenters. The van der Waals surface area contributed by atoms with Gasteiger partial charge in [0.05, 0.1) is 0 Å². The van der Waals surface area contributed by atoms with Crippen molar-refractivity contribution >= 4 is 20.1 Å². The van der Waals surface area contributed by atoms with Crippen LogP contribution in [-0.2, 0) is 20.4 Å². The summed E-state index contributed by atoms with van der Waals surface area (Å²) in [6.07, 6.45) is 5.55. The number of hydrogen-bond donors (Lipinski definition) is 0. The van der Waals surface area contributed by atoms with Crippen molar-refractivity contribution in [2.75, 3.05) is 0 Å². The van der Waals surface area contributed by atoms with Gasteiger partial charge in [0.2, 0.25) is 0 Å². The normalized spacial score (nSPS) is 11.5. The minimum atomic E-state index is -0.805. The van der Waals surface area contributed by atoms with Crippen molar-refractivity contribution in [1.82, 2.24) is 0 Å². The standard InChI is InChI=1S/C11H9.C9H11NOSi.2ClH.Ti/c1-2-6-10(7-3-1)11-8-4-5-9-11;1-12(2)10-9(11)8-6-4-3-5-7-8;;;/h1-4,6-8H,5H2;3-7H,1-2H3;2*1H;/q;;;;+2/p-2. The van der Waals surface area contributed by atoms with Gasteiger partial charge in [-0.2, -0.15) is 0 Å². The Labute approximate surface area is 181 Å². The second-order valence-electron chi connectivity index (χ2n) is 5.59. The van der Waals surface area contributed by atoms with Crippen molar-refractivity contribution < 1.29 is 50.0 Å². The summed E-state index contributed by atoms with van der Waals surface area (Å²) < 4.78 is 5.48. The van der Waals surface area contributed by atoms with E-state index in [1.165, 1.54) is 15.0 Å². The van der Waals surface area contributed by atoms with E-state index in [4.69, 9.17) is 0 Å². The van der Waals surface area contributed by atoms with Gasteiger partial charge in [0, 0.05) is 5.56 Å². The molecule has 3 rings (SSSR count). The molecule has 2 aromatic carbocycles. The van der Waals surface area contributed by atoms with Gasteiger partial charge in [0.25, 0.3) is 5.91 Å². The monoisotopic (exact) mass is 436 g/mol. The molecule has 133 valence electrons. The fourth-order valence-electron chi connectivity index (χ4n) is 2.24. The van der Waals surface area contributed by atoms with Gasteiger partial charge in [-0.1, -0.05) is 18.2 Å². The number of halogens is 2. The molecule has 1 aliphatic rings. The van der Waals surface area contributed by atoms with Crippen molar-refractivity contribution in [2.45, 2.75) is 19.5 Å². The van der Waals surface area contributed by atoms with Gasteiger partial charge < -0.3 is 24.8 Å². The molecule has 0 N–H and O–H groups in total. The fraction of sp³-hybridized carbons (Fsp3) is 0.150. The number of benzene rings is 2. The van der Waals surface area contributed by atoms with Crippen LogP contribution in [0, 0.1) is 0 Å². The molecular weight excluding hydrogens is 417 g/mol. The summed E-state index contributed by atoms with van der Waals surface area (Å²) in [7, 11) is -0.805. The molecule has 1 amide bonds. The molecule has 2 nitrogen and oxygen atoms in total. The second kappa shape index (κ2) is 13.1. The molecule has 0 saturated heterocycles. The fourth-order valence-corrected chi connectivity index (χ4v) is 3.32.